The van der Waals surface area contributed by atoms with Gasteiger partial charge in [0.25, 0.3) is 0 Å². The van der Waals surface area contributed by atoms with Gasteiger partial charge in [-0.05, 0) is 24.3 Å². The number of phenolic OH excluding ortho intramolecular Hbond substituents is 1. The van der Waals surface area contributed by atoms with Gasteiger partial charge in [-0.25, -0.2) is 4.79 Å². The van der Waals surface area contributed by atoms with Crippen molar-refractivity contribution in [3.63, 3.8) is 0 Å². The maximum absolute atomic E-state index is 12.1. The molecule has 10 heteroatoms. The second-order valence-corrected chi connectivity index (χ2v) is 5.96. The molecule has 0 atom stereocenters. The Morgan fingerprint density at radius 2 is 1.63 bits per heavy atom. The highest BCUT2D eigenvalue weighted by Gasteiger charge is 2.31. The van der Waals surface area contributed by atoms with E-state index in [4.69, 9.17) is 32.7 Å². The number of esters is 1. The van der Waals surface area contributed by atoms with E-state index in [0.717, 1.165) is 24.3 Å². The number of halogens is 5. The smallest absolute Gasteiger partial charge is 0.508 e. The molecule has 1 N–H and O–H groups in total. The molecule has 0 aromatic heterocycles. The second kappa shape index (κ2) is 9.05. The van der Waals surface area contributed by atoms with Gasteiger partial charge in [-0.1, -0.05) is 23.2 Å². The van der Waals surface area contributed by atoms with Crippen molar-refractivity contribution < 1.29 is 37.3 Å². The summed E-state index contributed by atoms with van der Waals surface area (Å²) in [6.07, 6.45) is -4.49. The van der Waals surface area contributed by atoms with Gasteiger partial charge in [0, 0.05) is 18.6 Å². The van der Waals surface area contributed by atoms with Crippen LogP contribution in [0.25, 0.3) is 0 Å². The summed E-state index contributed by atoms with van der Waals surface area (Å²) in [5.41, 5.74) is 0.0788. The highest BCUT2D eigenvalue weighted by molar-refractivity contribution is 6.37. The standard InChI is InChI=1S/C17H13Cl2F3O5/c18-13-8-11(23)9-14(19)15(13)25-6-1-7-26-16(24)10-2-4-12(5-3-10)27-17(20,21)22/h2-5,8-9,23H,1,6-7H2. The van der Waals surface area contributed by atoms with Crippen LogP contribution in [0.4, 0.5) is 13.2 Å². The van der Waals surface area contributed by atoms with Gasteiger partial charge < -0.3 is 19.3 Å². The Morgan fingerprint density at radius 3 is 2.19 bits per heavy atom. The number of carbonyl (C=O) groups excluding carboxylic acids is 1. The van der Waals surface area contributed by atoms with Crippen molar-refractivity contribution in [1.29, 1.82) is 0 Å². The molecule has 2 aromatic rings. The van der Waals surface area contributed by atoms with Gasteiger partial charge in [-0.3, -0.25) is 0 Å². The minimum absolute atomic E-state index is 0.00690. The van der Waals surface area contributed by atoms with E-state index in [1.54, 1.807) is 0 Å². The fourth-order valence-electron chi connectivity index (χ4n) is 1.96. The highest BCUT2D eigenvalue weighted by atomic mass is 35.5. The van der Waals surface area contributed by atoms with Crippen molar-refractivity contribution in [3.8, 4) is 17.2 Å². The topological polar surface area (TPSA) is 65.0 Å². The van der Waals surface area contributed by atoms with Crippen LogP contribution in [0.2, 0.25) is 10.0 Å². The molecule has 0 radical (unpaired) electrons. The Labute approximate surface area is 162 Å². The van der Waals surface area contributed by atoms with Crippen LogP contribution in [-0.4, -0.2) is 30.7 Å². The molecule has 0 heterocycles. The van der Waals surface area contributed by atoms with E-state index in [2.05, 4.69) is 4.74 Å². The molecule has 0 fully saturated rings. The average molecular weight is 425 g/mol. The van der Waals surface area contributed by atoms with E-state index < -0.39 is 18.1 Å². The van der Waals surface area contributed by atoms with E-state index in [1.807, 2.05) is 0 Å². The first-order valence-corrected chi connectivity index (χ1v) is 8.25. The molecule has 2 aromatic carbocycles. The van der Waals surface area contributed by atoms with Crippen LogP contribution >= 0.6 is 23.2 Å². The number of rotatable bonds is 7. The maximum Gasteiger partial charge on any atom is 0.573 e. The minimum atomic E-state index is -4.80. The number of alkyl halides is 3. The van der Waals surface area contributed by atoms with Gasteiger partial charge >= 0.3 is 12.3 Å². The summed E-state index contributed by atoms with van der Waals surface area (Å²) in [7, 11) is 0. The zero-order valence-corrected chi connectivity index (χ0v) is 15.1. The molecule has 0 aliphatic heterocycles. The number of phenols is 1. The Balaban J connectivity index is 1.76. The monoisotopic (exact) mass is 424 g/mol. The van der Waals surface area contributed by atoms with Crippen LogP contribution in [0.15, 0.2) is 36.4 Å². The lowest BCUT2D eigenvalue weighted by Crippen LogP contribution is -2.17. The number of aromatic hydroxyl groups is 1. The number of hydrogen-bond acceptors (Lipinski definition) is 5. The summed E-state index contributed by atoms with van der Waals surface area (Å²) < 4.78 is 50.3. The largest absolute Gasteiger partial charge is 0.573 e. The van der Waals surface area contributed by atoms with Crippen LogP contribution in [0.1, 0.15) is 16.8 Å². The first-order valence-electron chi connectivity index (χ1n) is 7.49. The molecule has 0 amide bonds. The summed E-state index contributed by atoms with van der Waals surface area (Å²) >= 11 is 11.8. The molecule has 0 unspecified atom stereocenters. The van der Waals surface area contributed by atoms with Crippen molar-refractivity contribution in [3.05, 3.63) is 52.0 Å². The molecule has 2 rings (SSSR count). The molecule has 0 aliphatic carbocycles. The molecule has 27 heavy (non-hydrogen) atoms. The van der Waals surface area contributed by atoms with Crippen molar-refractivity contribution >= 4 is 29.2 Å². The summed E-state index contributed by atoms with van der Waals surface area (Å²) in [5, 5.41) is 9.60. The van der Waals surface area contributed by atoms with Gasteiger partial charge in [0.2, 0.25) is 0 Å². The molecular weight excluding hydrogens is 412 g/mol. The third kappa shape index (κ3) is 6.73. The normalized spacial score (nSPS) is 11.1. The van der Waals surface area contributed by atoms with Crippen molar-refractivity contribution in [2.75, 3.05) is 13.2 Å². The van der Waals surface area contributed by atoms with E-state index >= 15 is 0 Å². The molecule has 0 saturated heterocycles. The summed E-state index contributed by atoms with van der Waals surface area (Å²) in [5.74, 6) is -1.04. The first kappa shape index (κ1) is 21.0. The van der Waals surface area contributed by atoms with Crippen LogP contribution in [-0.2, 0) is 4.74 Å². The summed E-state index contributed by atoms with van der Waals surface area (Å²) in [4.78, 5) is 11.8. The molecule has 0 bridgehead atoms. The number of ether oxygens (including phenoxy) is 3. The number of benzene rings is 2. The van der Waals surface area contributed by atoms with E-state index in [1.165, 1.54) is 12.1 Å². The Bertz CT molecular complexity index is 771. The Hall–Kier alpha value is -2.32. The van der Waals surface area contributed by atoms with Gasteiger partial charge in [-0.2, -0.15) is 0 Å². The highest BCUT2D eigenvalue weighted by Crippen LogP contribution is 2.36. The molecular formula is C17H13Cl2F3O5. The van der Waals surface area contributed by atoms with Crippen molar-refractivity contribution in [2.24, 2.45) is 0 Å². The maximum atomic E-state index is 12.1. The zero-order chi connectivity index (χ0) is 20.0. The first-order chi connectivity index (χ1) is 12.7. The fraction of sp³-hybridized carbons (Fsp3) is 0.235. The van der Waals surface area contributed by atoms with Crippen LogP contribution in [0.3, 0.4) is 0 Å². The lowest BCUT2D eigenvalue weighted by atomic mass is 10.2. The summed E-state index contributed by atoms with van der Waals surface area (Å²) in [6, 6.07) is 6.90. The van der Waals surface area contributed by atoms with Gasteiger partial charge in [0.05, 0.1) is 28.8 Å². The van der Waals surface area contributed by atoms with Gasteiger partial charge in [0.1, 0.15) is 11.5 Å². The molecule has 0 spiro atoms. The Morgan fingerprint density at radius 1 is 1.04 bits per heavy atom. The second-order valence-electron chi connectivity index (χ2n) is 5.15. The number of carbonyl (C=O) groups is 1. The lowest BCUT2D eigenvalue weighted by molar-refractivity contribution is -0.274. The quantitative estimate of drug-likeness (QED) is 0.487. The van der Waals surface area contributed by atoms with Gasteiger partial charge in [-0.15, -0.1) is 13.2 Å². The molecule has 146 valence electrons. The van der Waals surface area contributed by atoms with E-state index in [-0.39, 0.29) is 40.3 Å². The SMILES string of the molecule is O=C(OCCCOc1c(Cl)cc(O)cc1Cl)c1ccc(OC(F)(F)F)cc1. The van der Waals surface area contributed by atoms with Gasteiger partial charge in [0.15, 0.2) is 5.75 Å². The van der Waals surface area contributed by atoms with Crippen LogP contribution in [0, 0.1) is 0 Å². The average Bonchev–Trinajstić information content (AvgIpc) is 2.55. The van der Waals surface area contributed by atoms with Crippen LogP contribution in [0.5, 0.6) is 17.2 Å². The zero-order valence-electron chi connectivity index (χ0n) is 13.6. The molecule has 0 aliphatic rings. The van der Waals surface area contributed by atoms with Crippen molar-refractivity contribution in [1.82, 2.24) is 0 Å². The Kier molecular flexibility index (Phi) is 7.04. The van der Waals surface area contributed by atoms with E-state index in [0.29, 0.717) is 6.42 Å². The minimum Gasteiger partial charge on any atom is -0.508 e. The molecule has 5 nitrogen and oxygen atoms in total. The third-order valence-corrected chi connectivity index (χ3v) is 3.64. The van der Waals surface area contributed by atoms with Crippen molar-refractivity contribution in [2.45, 2.75) is 12.8 Å². The number of hydrogen-bond donors (Lipinski definition) is 1. The predicted octanol–water partition coefficient (Wildman–Crippen LogP) is 5.22. The lowest BCUT2D eigenvalue weighted by Gasteiger charge is -2.11. The summed E-state index contributed by atoms with van der Waals surface area (Å²) in [6.45, 7) is 0.142. The molecule has 0 saturated carbocycles. The fourth-order valence-corrected chi connectivity index (χ4v) is 2.54. The predicted molar refractivity (Wildman–Crippen MR) is 91.6 cm³/mol. The third-order valence-electron chi connectivity index (χ3n) is 3.07. The van der Waals surface area contributed by atoms with E-state index in [9.17, 15) is 23.1 Å². The van der Waals surface area contributed by atoms with Crippen LogP contribution < -0.4 is 9.47 Å².